The zero-order chi connectivity index (χ0) is 24.0. The summed E-state index contributed by atoms with van der Waals surface area (Å²) in [5, 5.41) is 14.4. The Morgan fingerprint density at radius 2 is 1.88 bits per heavy atom. The molecule has 1 aliphatic heterocycles. The van der Waals surface area contributed by atoms with Crippen LogP contribution in [0.4, 0.5) is 18.9 Å². The highest BCUT2D eigenvalue weighted by Crippen LogP contribution is 2.38. The molecule has 6 nitrogen and oxygen atoms in total. The molecule has 178 valence electrons. The van der Waals surface area contributed by atoms with Gasteiger partial charge in [0.15, 0.2) is 0 Å². The van der Waals surface area contributed by atoms with Crippen LogP contribution in [0.25, 0.3) is 16.9 Å². The summed E-state index contributed by atoms with van der Waals surface area (Å²) in [6.45, 7) is 0.842. The van der Waals surface area contributed by atoms with Crippen LogP contribution in [0.1, 0.15) is 29.5 Å². The number of anilines is 1. The van der Waals surface area contributed by atoms with Gasteiger partial charge in [-0.05, 0) is 61.6 Å². The first-order chi connectivity index (χ1) is 16.3. The molecule has 3 aromatic rings. The zero-order valence-electron chi connectivity index (χ0n) is 18.6. The van der Waals surface area contributed by atoms with E-state index in [9.17, 15) is 23.1 Å². The number of benzene rings is 2. The second-order valence-electron chi connectivity index (χ2n) is 8.66. The van der Waals surface area contributed by atoms with Crippen LogP contribution in [0.5, 0.6) is 5.75 Å². The van der Waals surface area contributed by atoms with E-state index in [1.165, 1.54) is 19.2 Å². The van der Waals surface area contributed by atoms with Gasteiger partial charge in [-0.15, -0.1) is 0 Å². The number of alkyl halides is 3. The molecule has 0 spiro atoms. The maximum absolute atomic E-state index is 14.0. The third-order valence-corrected chi connectivity index (χ3v) is 6.56. The van der Waals surface area contributed by atoms with E-state index < -0.39 is 23.4 Å². The van der Waals surface area contributed by atoms with Crippen molar-refractivity contribution in [2.75, 3.05) is 25.1 Å². The molecular formula is C25H24F3N3O3. The average molecular weight is 471 g/mol. The lowest BCUT2D eigenvalue weighted by Gasteiger charge is -2.22. The summed E-state index contributed by atoms with van der Waals surface area (Å²) in [5.74, 6) is 0.533. The van der Waals surface area contributed by atoms with Gasteiger partial charge >= 0.3 is 6.18 Å². The third kappa shape index (κ3) is 3.83. The van der Waals surface area contributed by atoms with Crippen molar-refractivity contribution in [1.82, 2.24) is 9.78 Å². The van der Waals surface area contributed by atoms with Crippen molar-refractivity contribution in [3.05, 3.63) is 69.5 Å². The van der Waals surface area contributed by atoms with Crippen molar-refractivity contribution in [3.8, 4) is 22.7 Å². The van der Waals surface area contributed by atoms with Crippen LogP contribution in [-0.4, -0.2) is 41.2 Å². The van der Waals surface area contributed by atoms with Gasteiger partial charge in [0.1, 0.15) is 5.75 Å². The lowest BCUT2D eigenvalue weighted by molar-refractivity contribution is -0.137. The highest BCUT2D eigenvalue weighted by atomic mass is 19.4. The van der Waals surface area contributed by atoms with E-state index in [1.807, 2.05) is 4.90 Å². The van der Waals surface area contributed by atoms with Gasteiger partial charge in [0.05, 0.1) is 30.2 Å². The second kappa shape index (κ2) is 8.47. The van der Waals surface area contributed by atoms with E-state index in [-0.39, 0.29) is 5.69 Å². The van der Waals surface area contributed by atoms with Crippen LogP contribution in [-0.2, 0) is 19.0 Å². The van der Waals surface area contributed by atoms with Crippen LogP contribution in [0.3, 0.4) is 0 Å². The summed E-state index contributed by atoms with van der Waals surface area (Å²) >= 11 is 0. The van der Waals surface area contributed by atoms with Crippen molar-refractivity contribution in [3.63, 3.8) is 0 Å². The number of fused-ring (bicyclic) bond motifs is 1. The van der Waals surface area contributed by atoms with Crippen LogP contribution in [0.2, 0.25) is 0 Å². The number of halogens is 3. The Bertz CT molecular complexity index is 1300. The van der Waals surface area contributed by atoms with E-state index in [0.717, 1.165) is 22.7 Å². The Hall–Kier alpha value is -3.33. The minimum atomic E-state index is -4.68. The SMILES string of the molecule is COc1ccccc1-c1nn(-c2cc(N3CCC(O)C3)ccc2C(F)(F)F)c(=O)c2c1CCC2. The number of rotatable bonds is 4. The topological polar surface area (TPSA) is 67.6 Å². The van der Waals surface area contributed by atoms with Crippen LogP contribution >= 0.6 is 0 Å². The number of nitrogens with zero attached hydrogens (tertiary/aromatic N) is 3. The number of methoxy groups -OCH3 is 1. The van der Waals surface area contributed by atoms with Crippen LogP contribution < -0.4 is 15.2 Å². The van der Waals surface area contributed by atoms with Crippen LogP contribution in [0.15, 0.2) is 47.3 Å². The molecule has 1 aliphatic carbocycles. The number of aliphatic hydroxyl groups excluding tert-OH is 1. The van der Waals surface area contributed by atoms with Gasteiger partial charge in [-0.25, -0.2) is 0 Å². The standard InChI is InChI=1S/C25H24F3N3O3/c1-34-22-8-3-2-5-19(22)23-17-6-4-7-18(17)24(33)31(29-23)21-13-15(30-12-11-16(32)14-30)9-10-20(21)25(26,27)28/h2-3,5,8-10,13,16,32H,4,6-7,11-12,14H2,1H3. The molecule has 2 aliphatic rings. The van der Waals surface area contributed by atoms with E-state index in [4.69, 9.17) is 4.74 Å². The predicted octanol–water partition coefficient (Wildman–Crippen LogP) is 3.99. The monoisotopic (exact) mass is 471 g/mol. The van der Waals surface area contributed by atoms with E-state index in [1.54, 1.807) is 24.3 Å². The average Bonchev–Trinajstić information content (AvgIpc) is 3.48. The number of hydrogen-bond acceptors (Lipinski definition) is 5. The van der Waals surface area contributed by atoms with E-state index in [2.05, 4.69) is 5.10 Å². The first-order valence-electron chi connectivity index (χ1n) is 11.2. The summed E-state index contributed by atoms with van der Waals surface area (Å²) in [7, 11) is 1.52. The zero-order valence-corrected chi connectivity index (χ0v) is 18.6. The maximum atomic E-state index is 14.0. The largest absolute Gasteiger partial charge is 0.496 e. The molecule has 0 saturated carbocycles. The van der Waals surface area contributed by atoms with Gasteiger partial charge in [-0.1, -0.05) is 12.1 Å². The Kier molecular flexibility index (Phi) is 5.59. The molecule has 2 aromatic carbocycles. The molecule has 1 N–H and O–H groups in total. The number of ether oxygens (including phenoxy) is 1. The first kappa shape index (κ1) is 22.5. The molecule has 1 saturated heterocycles. The van der Waals surface area contributed by atoms with E-state index >= 15 is 0 Å². The number of β-amino-alcohol motifs (C(OH)–C–C–N with tert-alkyl or cyclic N) is 1. The Morgan fingerprint density at radius 1 is 1.12 bits per heavy atom. The molecular weight excluding hydrogens is 447 g/mol. The smallest absolute Gasteiger partial charge is 0.418 e. The highest BCUT2D eigenvalue weighted by Gasteiger charge is 2.36. The molecule has 1 aromatic heterocycles. The fourth-order valence-electron chi connectivity index (χ4n) is 4.90. The molecule has 9 heteroatoms. The van der Waals surface area contributed by atoms with Crippen LogP contribution in [0, 0.1) is 0 Å². The third-order valence-electron chi connectivity index (χ3n) is 6.56. The molecule has 0 bridgehead atoms. The number of para-hydroxylation sites is 1. The van der Waals surface area contributed by atoms with Gasteiger partial charge in [0.2, 0.25) is 0 Å². The summed E-state index contributed by atoms with van der Waals surface area (Å²) in [6, 6.07) is 10.9. The lowest BCUT2D eigenvalue weighted by atomic mass is 10.0. The lowest BCUT2D eigenvalue weighted by Crippen LogP contribution is -2.29. The molecule has 2 heterocycles. The number of aromatic nitrogens is 2. The van der Waals surface area contributed by atoms with Gasteiger partial charge < -0.3 is 14.7 Å². The molecule has 34 heavy (non-hydrogen) atoms. The summed E-state index contributed by atoms with van der Waals surface area (Å²) in [6.07, 6.45) is -2.84. The number of aliphatic hydroxyl groups is 1. The van der Waals surface area contributed by atoms with Gasteiger partial charge in [-0.3, -0.25) is 4.79 Å². The fraction of sp³-hybridized carbons (Fsp3) is 0.360. The quantitative estimate of drug-likeness (QED) is 0.624. The van der Waals surface area contributed by atoms with Crippen molar-refractivity contribution >= 4 is 5.69 Å². The minimum Gasteiger partial charge on any atom is -0.496 e. The maximum Gasteiger partial charge on any atom is 0.418 e. The normalized spacial score (nSPS) is 17.8. The van der Waals surface area contributed by atoms with Crippen molar-refractivity contribution in [2.45, 2.75) is 38.0 Å². The Labute approximate surface area is 194 Å². The fourth-order valence-corrected chi connectivity index (χ4v) is 4.90. The molecule has 5 rings (SSSR count). The summed E-state index contributed by atoms with van der Waals surface area (Å²) < 4.78 is 48.5. The molecule has 0 radical (unpaired) electrons. The Morgan fingerprint density at radius 3 is 2.59 bits per heavy atom. The van der Waals surface area contributed by atoms with Crippen molar-refractivity contribution in [1.29, 1.82) is 0 Å². The van der Waals surface area contributed by atoms with E-state index in [0.29, 0.717) is 60.6 Å². The van der Waals surface area contributed by atoms with Crippen molar-refractivity contribution in [2.24, 2.45) is 0 Å². The second-order valence-corrected chi connectivity index (χ2v) is 8.66. The molecule has 1 fully saturated rings. The Balaban J connectivity index is 1.76. The summed E-state index contributed by atoms with van der Waals surface area (Å²) in [5.41, 5.74) is 1.06. The van der Waals surface area contributed by atoms with Gasteiger partial charge in [0, 0.05) is 29.9 Å². The predicted molar refractivity (Wildman–Crippen MR) is 122 cm³/mol. The van der Waals surface area contributed by atoms with Gasteiger partial charge in [0.25, 0.3) is 5.56 Å². The molecule has 1 unspecified atom stereocenters. The molecule has 1 atom stereocenters. The minimum absolute atomic E-state index is 0.317. The first-order valence-corrected chi connectivity index (χ1v) is 11.2. The number of hydrogen-bond donors (Lipinski definition) is 1. The van der Waals surface area contributed by atoms with Gasteiger partial charge in [-0.2, -0.15) is 23.0 Å². The summed E-state index contributed by atoms with van der Waals surface area (Å²) in [4.78, 5) is 15.2. The highest BCUT2D eigenvalue weighted by molar-refractivity contribution is 5.71. The van der Waals surface area contributed by atoms with Crippen molar-refractivity contribution < 1.29 is 23.0 Å². The molecule has 0 amide bonds.